The zero-order valence-electron chi connectivity index (χ0n) is 16.4. The number of fused-ring (bicyclic) bond motifs is 4. The Morgan fingerprint density at radius 2 is 1.83 bits per heavy atom. The van der Waals surface area contributed by atoms with E-state index in [9.17, 15) is 9.59 Å². The van der Waals surface area contributed by atoms with E-state index in [1.165, 1.54) is 4.52 Å². The van der Waals surface area contributed by atoms with Crippen LogP contribution in [0.5, 0.6) is 0 Å². The van der Waals surface area contributed by atoms with Crippen LogP contribution in [0.25, 0.3) is 27.6 Å². The number of aryl methyl sites for hydroxylation is 1. The molecule has 5 aromatic rings. The van der Waals surface area contributed by atoms with Crippen LogP contribution in [0.3, 0.4) is 0 Å². The number of H-pyrrole nitrogens is 2. The SMILES string of the molecule is Cc1nc2c3ccccc3[nH]n2c(=O)c1CC(=O)NCCc1nc2ccccc2[nH]1. The quantitative estimate of drug-likeness (QED) is 0.420. The molecule has 0 aliphatic rings. The number of aromatic amines is 2. The number of hydrogen-bond acceptors (Lipinski definition) is 4. The number of aromatic nitrogens is 5. The molecule has 0 bridgehead atoms. The molecule has 0 atom stereocenters. The van der Waals surface area contributed by atoms with E-state index >= 15 is 0 Å². The highest BCUT2D eigenvalue weighted by Gasteiger charge is 2.16. The van der Waals surface area contributed by atoms with Gasteiger partial charge in [-0.15, -0.1) is 0 Å². The Kier molecular flexibility index (Phi) is 4.31. The number of nitrogens with zero attached hydrogens (tertiary/aromatic N) is 3. The first-order valence-electron chi connectivity index (χ1n) is 9.79. The second kappa shape index (κ2) is 7.14. The van der Waals surface area contributed by atoms with Crippen LogP contribution in [0.2, 0.25) is 0 Å². The highest BCUT2D eigenvalue weighted by Crippen LogP contribution is 2.17. The summed E-state index contributed by atoms with van der Waals surface area (Å²) in [6.07, 6.45) is 0.563. The fraction of sp³-hybridized carbons (Fsp3) is 0.182. The number of para-hydroxylation sites is 3. The first-order valence-corrected chi connectivity index (χ1v) is 9.79. The van der Waals surface area contributed by atoms with Crippen LogP contribution in [0.15, 0.2) is 53.3 Å². The lowest BCUT2D eigenvalue weighted by atomic mass is 10.1. The van der Waals surface area contributed by atoms with E-state index in [2.05, 4.69) is 25.4 Å². The summed E-state index contributed by atoms with van der Waals surface area (Å²) >= 11 is 0. The molecule has 0 saturated heterocycles. The molecule has 2 aromatic carbocycles. The zero-order valence-corrected chi connectivity index (χ0v) is 16.4. The largest absolute Gasteiger partial charge is 0.355 e. The minimum Gasteiger partial charge on any atom is -0.355 e. The normalized spacial score (nSPS) is 11.5. The first-order chi connectivity index (χ1) is 14.6. The molecule has 8 nitrogen and oxygen atoms in total. The second-order valence-electron chi connectivity index (χ2n) is 7.27. The average molecular weight is 400 g/mol. The van der Waals surface area contributed by atoms with E-state index in [4.69, 9.17) is 0 Å². The first kappa shape index (κ1) is 18.1. The number of carbonyl (C=O) groups is 1. The predicted octanol–water partition coefficient (Wildman–Crippen LogP) is 2.26. The number of carbonyl (C=O) groups excluding carboxylic acids is 1. The van der Waals surface area contributed by atoms with Crippen molar-refractivity contribution >= 4 is 33.5 Å². The second-order valence-corrected chi connectivity index (χ2v) is 7.27. The summed E-state index contributed by atoms with van der Waals surface area (Å²) in [6, 6.07) is 15.4. The number of amides is 1. The maximum atomic E-state index is 12.9. The molecule has 30 heavy (non-hydrogen) atoms. The van der Waals surface area contributed by atoms with Gasteiger partial charge in [-0.3, -0.25) is 14.7 Å². The lowest BCUT2D eigenvalue weighted by Crippen LogP contribution is -2.31. The summed E-state index contributed by atoms with van der Waals surface area (Å²) in [5.41, 5.74) is 3.98. The van der Waals surface area contributed by atoms with Gasteiger partial charge < -0.3 is 10.3 Å². The Bertz CT molecular complexity index is 1430. The van der Waals surface area contributed by atoms with Crippen LogP contribution in [0, 0.1) is 6.92 Å². The lowest BCUT2D eigenvalue weighted by Gasteiger charge is -2.07. The number of nitrogens with one attached hydrogen (secondary N) is 3. The van der Waals surface area contributed by atoms with Crippen LogP contribution in [-0.4, -0.2) is 37.0 Å². The summed E-state index contributed by atoms with van der Waals surface area (Å²) in [4.78, 5) is 37.7. The van der Waals surface area contributed by atoms with E-state index in [-0.39, 0.29) is 17.9 Å². The minimum atomic E-state index is -0.249. The standard InChI is InChI=1S/C22H20N6O2/c1-13-15(22(30)28-21(24-13)14-6-2-3-7-16(14)27-28)12-20(29)23-11-10-19-25-17-8-4-5-9-18(17)26-19/h2-9,27H,10-12H2,1H3,(H,23,29)(H,25,26). The summed E-state index contributed by atoms with van der Waals surface area (Å²) < 4.78 is 1.41. The maximum absolute atomic E-state index is 12.9. The van der Waals surface area contributed by atoms with Crippen molar-refractivity contribution in [1.29, 1.82) is 0 Å². The molecule has 3 aromatic heterocycles. The average Bonchev–Trinajstić information content (AvgIpc) is 3.32. The fourth-order valence-corrected chi connectivity index (χ4v) is 3.71. The fourth-order valence-electron chi connectivity index (χ4n) is 3.71. The van der Waals surface area contributed by atoms with Crippen molar-refractivity contribution in [3.63, 3.8) is 0 Å². The Hall–Kier alpha value is -3.94. The van der Waals surface area contributed by atoms with E-state index < -0.39 is 0 Å². The summed E-state index contributed by atoms with van der Waals surface area (Å²) in [5.74, 6) is 0.595. The topological polar surface area (TPSA) is 108 Å². The van der Waals surface area contributed by atoms with Gasteiger partial charge in [-0.1, -0.05) is 24.3 Å². The Morgan fingerprint density at radius 1 is 1.07 bits per heavy atom. The summed E-state index contributed by atoms with van der Waals surface area (Å²) in [6.45, 7) is 2.20. The molecule has 150 valence electrons. The summed E-state index contributed by atoms with van der Waals surface area (Å²) in [7, 11) is 0. The molecule has 1 amide bonds. The maximum Gasteiger partial charge on any atom is 0.276 e. The van der Waals surface area contributed by atoms with Crippen molar-refractivity contribution in [3.05, 3.63) is 76.0 Å². The van der Waals surface area contributed by atoms with Gasteiger partial charge >= 0.3 is 0 Å². The van der Waals surface area contributed by atoms with Crippen molar-refractivity contribution in [2.24, 2.45) is 0 Å². The third kappa shape index (κ3) is 3.12. The lowest BCUT2D eigenvalue weighted by molar-refractivity contribution is -0.120. The van der Waals surface area contributed by atoms with Crippen molar-refractivity contribution in [2.75, 3.05) is 6.54 Å². The van der Waals surface area contributed by atoms with Gasteiger partial charge in [-0.2, -0.15) is 0 Å². The van der Waals surface area contributed by atoms with Gasteiger partial charge in [-0.25, -0.2) is 14.5 Å². The summed E-state index contributed by atoms with van der Waals surface area (Å²) in [5, 5.41) is 6.80. The van der Waals surface area contributed by atoms with Crippen molar-refractivity contribution in [3.8, 4) is 0 Å². The number of imidazole rings is 1. The smallest absolute Gasteiger partial charge is 0.276 e. The molecule has 0 radical (unpaired) electrons. The number of benzene rings is 2. The van der Waals surface area contributed by atoms with Crippen LogP contribution >= 0.6 is 0 Å². The molecule has 0 unspecified atom stereocenters. The molecule has 0 spiro atoms. The van der Waals surface area contributed by atoms with Gasteiger partial charge in [0, 0.05) is 29.6 Å². The minimum absolute atomic E-state index is 0.0178. The van der Waals surface area contributed by atoms with Gasteiger partial charge in [0.25, 0.3) is 5.56 Å². The molecule has 0 saturated carbocycles. The Morgan fingerprint density at radius 3 is 2.67 bits per heavy atom. The molecule has 0 aliphatic heterocycles. The molecular weight excluding hydrogens is 380 g/mol. The highest BCUT2D eigenvalue weighted by atomic mass is 16.2. The monoisotopic (exact) mass is 400 g/mol. The van der Waals surface area contributed by atoms with Crippen LogP contribution < -0.4 is 10.9 Å². The van der Waals surface area contributed by atoms with Crippen LogP contribution in [-0.2, 0) is 17.6 Å². The zero-order chi connectivity index (χ0) is 20.7. The van der Waals surface area contributed by atoms with Gasteiger partial charge in [0.2, 0.25) is 5.91 Å². The van der Waals surface area contributed by atoms with Crippen molar-refractivity contribution in [2.45, 2.75) is 19.8 Å². The molecule has 3 N–H and O–H groups in total. The third-order valence-corrected chi connectivity index (χ3v) is 5.24. The van der Waals surface area contributed by atoms with Crippen LogP contribution in [0.4, 0.5) is 0 Å². The van der Waals surface area contributed by atoms with Crippen molar-refractivity contribution < 1.29 is 4.79 Å². The van der Waals surface area contributed by atoms with E-state index in [0.29, 0.717) is 29.9 Å². The predicted molar refractivity (Wildman–Crippen MR) is 115 cm³/mol. The molecular formula is C22H20N6O2. The molecule has 0 aliphatic carbocycles. The molecule has 0 fully saturated rings. The number of rotatable bonds is 5. The Labute approximate surface area is 171 Å². The van der Waals surface area contributed by atoms with Crippen LogP contribution in [0.1, 0.15) is 17.1 Å². The highest BCUT2D eigenvalue weighted by molar-refractivity contribution is 5.92. The Balaban J connectivity index is 1.31. The van der Waals surface area contributed by atoms with E-state index in [0.717, 1.165) is 27.8 Å². The van der Waals surface area contributed by atoms with E-state index in [1.807, 2.05) is 48.5 Å². The number of hydrogen-bond donors (Lipinski definition) is 3. The van der Waals surface area contributed by atoms with Gasteiger partial charge in [0.15, 0.2) is 5.65 Å². The van der Waals surface area contributed by atoms with Crippen molar-refractivity contribution in [1.82, 2.24) is 29.9 Å². The molecule has 8 heteroatoms. The van der Waals surface area contributed by atoms with Gasteiger partial charge in [0.1, 0.15) is 5.82 Å². The third-order valence-electron chi connectivity index (χ3n) is 5.24. The van der Waals surface area contributed by atoms with E-state index in [1.54, 1.807) is 6.92 Å². The molecule has 5 rings (SSSR count). The van der Waals surface area contributed by atoms with Gasteiger partial charge in [0.05, 0.1) is 23.0 Å². The van der Waals surface area contributed by atoms with Gasteiger partial charge in [-0.05, 0) is 31.2 Å². The molecule has 3 heterocycles.